The normalized spacial score (nSPS) is 12.9. The van der Waals surface area contributed by atoms with Gasteiger partial charge in [0.2, 0.25) is 0 Å². The molecule has 2 heterocycles. The van der Waals surface area contributed by atoms with Gasteiger partial charge in [-0.05, 0) is 13.3 Å². The molecule has 0 saturated carbocycles. The van der Waals surface area contributed by atoms with E-state index in [4.69, 9.17) is 11.6 Å². The van der Waals surface area contributed by atoms with Crippen LogP contribution in [0.25, 0.3) is 11.2 Å². The highest BCUT2D eigenvalue weighted by atomic mass is 35.5. The van der Waals surface area contributed by atoms with Crippen LogP contribution in [-0.4, -0.2) is 38.9 Å². The topological polar surface area (TPSA) is 57.7 Å². The second kappa shape index (κ2) is 4.65. The molecule has 2 aromatic rings. The van der Waals surface area contributed by atoms with E-state index in [-0.39, 0.29) is 5.38 Å². The Kier molecular flexibility index (Phi) is 3.24. The largest absolute Gasteiger partial charge is 0.358 e. The van der Waals surface area contributed by atoms with Crippen LogP contribution in [0.15, 0.2) is 12.7 Å². The Morgan fingerprint density at radius 2 is 2.25 bits per heavy atom. The number of halogens is 1. The van der Waals surface area contributed by atoms with Crippen LogP contribution in [-0.2, 0) is 0 Å². The van der Waals surface area contributed by atoms with Gasteiger partial charge in [0, 0.05) is 19.0 Å². The smallest absolute Gasteiger partial charge is 0.182 e. The van der Waals surface area contributed by atoms with Crippen LogP contribution in [0.3, 0.4) is 0 Å². The molecule has 0 aliphatic rings. The van der Waals surface area contributed by atoms with Gasteiger partial charge < -0.3 is 9.88 Å². The van der Waals surface area contributed by atoms with E-state index in [1.165, 1.54) is 6.33 Å². The zero-order chi connectivity index (χ0) is 11.5. The van der Waals surface area contributed by atoms with Gasteiger partial charge in [-0.2, -0.15) is 0 Å². The molecular formula is C10H14ClN5. The summed E-state index contributed by atoms with van der Waals surface area (Å²) in [5.74, 6) is 0.861. The standard InChI is InChI=1S/C10H14ClN5/c1-7(11)3-4-16(2)10-8-9(13-5-12-8)14-6-15-10/h5-7H,3-4H2,1-2H3,(H,12,13,14,15). The molecule has 1 unspecified atom stereocenters. The fourth-order valence-electron chi connectivity index (χ4n) is 1.52. The van der Waals surface area contributed by atoms with Gasteiger partial charge >= 0.3 is 0 Å². The van der Waals surface area contributed by atoms with Crippen molar-refractivity contribution in [3.05, 3.63) is 12.7 Å². The van der Waals surface area contributed by atoms with Crippen LogP contribution < -0.4 is 4.90 Å². The van der Waals surface area contributed by atoms with E-state index in [0.29, 0.717) is 5.65 Å². The van der Waals surface area contributed by atoms with Crippen molar-refractivity contribution in [3.63, 3.8) is 0 Å². The second-order valence-electron chi connectivity index (χ2n) is 3.79. The van der Waals surface area contributed by atoms with Crippen LogP contribution in [0, 0.1) is 0 Å². The number of H-pyrrole nitrogens is 1. The molecule has 0 fully saturated rings. The minimum atomic E-state index is 0.168. The molecule has 0 aliphatic carbocycles. The third kappa shape index (κ3) is 2.24. The van der Waals surface area contributed by atoms with Crippen LogP contribution >= 0.6 is 11.6 Å². The highest BCUT2D eigenvalue weighted by Gasteiger charge is 2.10. The molecule has 0 bridgehead atoms. The lowest BCUT2D eigenvalue weighted by atomic mass is 10.3. The molecule has 1 N–H and O–H groups in total. The number of fused-ring (bicyclic) bond motifs is 1. The summed E-state index contributed by atoms with van der Waals surface area (Å²) in [6, 6.07) is 0. The van der Waals surface area contributed by atoms with Crippen molar-refractivity contribution in [1.82, 2.24) is 19.9 Å². The van der Waals surface area contributed by atoms with Gasteiger partial charge in [0.05, 0.1) is 6.33 Å². The van der Waals surface area contributed by atoms with Gasteiger partial charge in [0.25, 0.3) is 0 Å². The van der Waals surface area contributed by atoms with Gasteiger partial charge in [-0.1, -0.05) is 0 Å². The number of hydrogen-bond donors (Lipinski definition) is 1. The molecule has 0 aromatic carbocycles. The van der Waals surface area contributed by atoms with E-state index in [9.17, 15) is 0 Å². The number of hydrogen-bond acceptors (Lipinski definition) is 4. The maximum atomic E-state index is 5.93. The van der Waals surface area contributed by atoms with E-state index in [1.54, 1.807) is 6.33 Å². The molecule has 16 heavy (non-hydrogen) atoms. The lowest BCUT2D eigenvalue weighted by Gasteiger charge is -2.18. The Balaban J connectivity index is 2.22. The van der Waals surface area contributed by atoms with Crippen LogP contribution in [0.1, 0.15) is 13.3 Å². The molecule has 1 atom stereocenters. The summed E-state index contributed by atoms with van der Waals surface area (Å²) in [6.07, 6.45) is 4.07. The summed E-state index contributed by atoms with van der Waals surface area (Å²) in [7, 11) is 1.99. The van der Waals surface area contributed by atoms with Crippen LogP contribution in [0.5, 0.6) is 0 Å². The summed E-state index contributed by atoms with van der Waals surface area (Å²) in [4.78, 5) is 17.5. The molecule has 5 nitrogen and oxygen atoms in total. The Morgan fingerprint density at radius 3 is 3.00 bits per heavy atom. The molecule has 6 heteroatoms. The number of aromatic amines is 1. The van der Waals surface area contributed by atoms with Crippen molar-refractivity contribution in [2.45, 2.75) is 18.7 Å². The fourth-order valence-corrected chi connectivity index (χ4v) is 1.62. The minimum absolute atomic E-state index is 0.168. The number of imidazole rings is 1. The Bertz CT molecular complexity index is 467. The summed E-state index contributed by atoms with van der Waals surface area (Å²) in [5, 5.41) is 0.168. The molecule has 0 radical (unpaired) electrons. The zero-order valence-corrected chi connectivity index (χ0v) is 10.1. The van der Waals surface area contributed by atoms with Crippen LogP contribution in [0.4, 0.5) is 5.82 Å². The van der Waals surface area contributed by atoms with Crippen molar-refractivity contribution in [3.8, 4) is 0 Å². The molecule has 0 aliphatic heterocycles. The van der Waals surface area contributed by atoms with Crippen LogP contribution in [0.2, 0.25) is 0 Å². The first-order valence-electron chi connectivity index (χ1n) is 5.17. The fraction of sp³-hybridized carbons (Fsp3) is 0.500. The third-order valence-electron chi connectivity index (χ3n) is 2.43. The molecule has 0 spiro atoms. The number of aromatic nitrogens is 4. The highest BCUT2D eigenvalue weighted by Crippen LogP contribution is 2.18. The third-order valence-corrected chi connectivity index (χ3v) is 2.65. The number of nitrogens with one attached hydrogen (secondary N) is 1. The summed E-state index contributed by atoms with van der Waals surface area (Å²) in [6.45, 7) is 2.84. The lowest BCUT2D eigenvalue weighted by molar-refractivity contribution is 0.766. The first-order valence-corrected chi connectivity index (χ1v) is 5.61. The average molecular weight is 240 g/mol. The maximum Gasteiger partial charge on any atom is 0.182 e. The Hall–Kier alpha value is -1.36. The first kappa shape index (κ1) is 11.1. The lowest BCUT2D eigenvalue weighted by Crippen LogP contribution is -2.22. The predicted octanol–water partition coefficient (Wildman–Crippen LogP) is 1.81. The SMILES string of the molecule is CC(Cl)CCN(C)c1ncnc2nc[nH]c12. The summed E-state index contributed by atoms with van der Waals surface area (Å²) in [5.41, 5.74) is 1.56. The minimum Gasteiger partial charge on any atom is -0.358 e. The van der Waals surface area contributed by atoms with Crippen molar-refractivity contribution in [1.29, 1.82) is 0 Å². The molecule has 0 amide bonds. The Morgan fingerprint density at radius 1 is 1.44 bits per heavy atom. The van der Waals surface area contributed by atoms with Gasteiger partial charge in [-0.15, -0.1) is 11.6 Å². The average Bonchev–Trinajstić information content (AvgIpc) is 2.73. The van der Waals surface area contributed by atoms with E-state index in [0.717, 1.165) is 24.3 Å². The second-order valence-corrected chi connectivity index (χ2v) is 4.53. The predicted molar refractivity (Wildman–Crippen MR) is 64.9 cm³/mol. The van der Waals surface area contributed by atoms with E-state index < -0.39 is 0 Å². The van der Waals surface area contributed by atoms with Crippen molar-refractivity contribution >= 4 is 28.6 Å². The zero-order valence-electron chi connectivity index (χ0n) is 9.31. The van der Waals surface area contributed by atoms with Crippen molar-refractivity contribution in [2.75, 3.05) is 18.5 Å². The first-order chi connectivity index (χ1) is 7.68. The van der Waals surface area contributed by atoms with Gasteiger partial charge in [0.15, 0.2) is 11.5 Å². The summed E-state index contributed by atoms with van der Waals surface area (Å²) < 4.78 is 0. The van der Waals surface area contributed by atoms with E-state index in [1.807, 2.05) is 14.0 Å². The molecule has 86 valence electrons. The molecular weight excluding hydrogens is 226 g/mol. The molecule has 2 aromatic heterocycles. The quantitative estimate of drug-likeness (QED) is 0.827. The Labute approximate surface area is 98.9 Å². The van der Waals surface area contributed by atoms with Gasteiger partial charge in [0.1, 0.15) is 11.8 Å². The number of rotatable bonds is 4. The highest BCUT2D eigenvalue weighted by molar-refractivity contribution is 6.20. The van der Waals surface area contributed by atoms with Crippen molar-refractivity contribution < 1.29 is 0 Å². The maximum absolute atomic E-state index is 5.93. The van der Waals surface area contributed by atoms with E-state index in [2.05, 4.69) is 24.8 Å². The molecule has 2 rings (SSSR count). The van der Waals surface area contributed by atoms with Gasteiger partial charge in [-0.25, -0.2) is 15.0 Å². The number of nitrogens with zero attached hydrogens (tertiary/aromatic N) is 4. The van der Waals surface area contributed by atoms with Crippen molar-refractivity contribution in [2.24, 2.45) is 0 Å². The number of alkyl halides is 1. The monoisotopic (exact) mass is 239 g/mol. The number of anilines is 1. The van der Waals surface area contributed by atoms with E-state index >= 15 is 0 Å². The molecule has 0 saturated heterocycles. The summed E-state index contributed by atoms with van der Waals surface area (Å²) >= 11 is 5.93. The van der Waals surface area contributed by atoms with Gasteiger partial charge in [-0.3, -0.25) is 0 Å².